The minimum Gasteiger partial charge on any atom is -0.493 e. The third-order valence-corrected chi connectivity index (χ3v) is 5.00. The highest BCUT2D eigenvalue weighted by atomic mass is 35.5. The zero-order valence-corrected chi connectivity index (χ0v) is 18.4. The van der Waals surface area contributed by atoms with Crippen molar-refractivity contribution < 1.29 is 18.7 Å². The van der Waals surface area contributed by atoms with Gasteiger partial charge in [-0.3, -0.25) is 4.79 Å². The molecule has 0 aliphatic carbocycles. The lowest BCUT2D eigenvalue weighted by Gasteiger charge is -2.12. The molecule has 0 atom stereocenters. The van der Waals surface area contributed by atoms with Crippen LogP contribution >= 0.6 is 23.2 Å². The summed E-state index contributed by atoms with van der Waals surface area (Å²) in [5, 5.41) is 12.5. The van der Waals surface area contributed by atoms with Crippen molar-refractivity contribution in [2.45, 2.75) is 6.61 Å². The summed E-state index contributed by atoms with van der Waals surface area (Å²) in [5.74, 6) is -0.109. The third-order valence-electron chi connectivity index (χ3n) is 4.37. The smallest absolute Gasteiger partial charge is 0.266 e. The second-order valence-electron chi connectivity index (χ2n) is 6.55. The second kappa shape index (κ2) is 10.7. The Morgan fingerprint density at radius 1 is 1.09 bits per heavy atom. The molecule has 0 saturated heterocycles. The summed E-state index contributed by atoms with van der Waals surface area (Å²) >= 11 is 12.1. The highest BCUT2D eigenvalue weighted by molar-refractivity contribution is 6.40. The lowest BCUT2D eigenvalue weighted by atomic mass is 10.1. The van der Waals surface area contributed by atoms with E-state index in [1.54, 1.807) is 48.5 Å². The van der Waals surface area contributed by atoms with Crippen molar-refractivity contribution in [3.63, 3.8) is 0 Å². The van der Waals surface area contributed by atoms with Crippen LogP contribution in [0.25, 0.3) is 6.08 Å². The van der Waals surface area contributed by atoms with Gasteiger partial charge in [0.15, 0.2) is 11.5 Å². The van der Waals surface area contributed by atoms with Crippen LogP contribution in [0, 0.1) is 17.1 Å². The van der Waals surface area contributed by atoms with Crippen LogP contribution < -0.4 is 14.8 Å². The number of nitrogens with one attached hydrogen (secondary N) is 1. The van der Waals surface area contributed by atoms with Gasteiger partial charge < -0.3 is 14.8 Å². The Hall–Kier alpha value is -3.53. The van der Waals surface area contributed by atoms with E-state index in [4.69, 9.17) is 32.7 Å². The van der Waals surface area contributed by atoms with Gasteiger partial charge in [-0.2, -0.15) is 5.26 Å². The molecule has 0 spiro atoms. The molecule has 162 valence electrons. The standard InChI is InChI=1S/C24H17Cl2FN2O3/c1-31-22-12-16(7-10-21(22)32-14-15-5-8-18(27)9-6-15)11-17(13-28)24(30)29-23-19(25)3-2-4-20(23)26/h2-12H,14H2,1H3,(H,29,30)/b17-11+. The molecule has 1 N–H and O–H groups in total. The number of para-hydroxylation sites is 1. The number of methoxy groups -OCH3 is 1. The second-order valence-corrected chi connectivity index (χ2v) is 7.36. The lowest BCUT2D eigenvalue weighted by Crippen LogP contribution is -2.14. The third kappa shape index (κ3) is 5.79. The van der Waals surface area contributed by atoms with E-state index in [9.17, 15) is 14.4 Å². The van der Waals surface area contributed by atoms with Crippen LogP contribution in [0.5, 0.6) is 11.5 Å². The maximum absolute atomic E-state index is 13.0. The van der Waals surface area contributed by atoms with Crippen LogP contribution in [0.15, 0.2) is 66.2 Å². The van der Waals surface area contributed by atoms with E-state index in [1.807, 2.05) is 6.07 Å². The predicted octanol–water partition coefficient (Wildman–Crippen LogP) is 6.27. The molecule has 0 saturated carbocycles. The molecule has 0 heterocycles. The van der Waals surface area contributed by atoms with Gasteiger partial charge in [-0.05, 0) is 53.6 Å². The van der Waals surface area contributed by atoms with Crippen molar-refractivity contribution in [1.82, 2.24) is 0 Å². The average Bonchev–Trinajstić information content (AvgIpc) is 2.79. The number of halogens is 3. The fraction of sp³-hybridized carbons (Fsp3) is 0.0833. The van der Waals surface area contributed by atoms with Gasteiger partial charge in [0.2, 0.25) is 0 Å². The SMILES string of the molecule is COc1cc(/C=C(\C#N)C(=O)Nc2c(Cl)cccc2Cl)ccc1OCc1ccc(F)cc1. The predicted molar refractivity (Wildman–Crippen MR) is 122 cm³/mol. The quantitative estimate of drug-likeness (QED) is 0.326. The van der Waals surface area contributed by atoms with Crippen LogP contribution in [0.4, 0.5) is 10.1 Å². The number of carbonyl (C=O) groups excluding carboxylic acids is 1. The number of carbonyl (C=O) groups is 1. The van der Waals surface area contributed by atoms with Gasteiger partial charge >= 0.3 is 0 Å². The number of anilines is 1. The molecule has 3 rings (SSSR count). The summed E-state index contributed by atoms with van der Waals surface area (Å²) < 4.78 is 24.1. The van der Waals surface area contributed by atoms with E-state index in [2.05, 4.69) is 5.32 Å². The molecule has 3 aromatic rings. The van der Waals surface area contributed by atoms with Gasteiger partial charge in [0, 0.05) is 0 Å². The van der Waals surface area contributed by atoms with Crippen LogP contribution in [-0.4, -0.2) is 13.0 Å². The number of nitrogens with zero attached hydrogens (tertiary/aromatic N) is 1. The first-order valence-corrected chi connectivity index (χ1v) is 10.1. The molecule has 0 aliphatic heterocycles. The number of ether oxygens (including phenoxy) is 2. The monoisotopic (exact) mass is 470 g/mol. The number of nitriles is 1. The molecule has 0 aromatic heterocycles. The van der Waals surface area contributed by atoms with Crippen molar-refractivity contribution in [2.75, 3.05) is 12.4 Å². The zero-order chi connectivity index (χ0) is 23.1. The summed E-state index contributed by atoms with van der Waals surface area (Å²) in [7, 11) is 1.48. The van der Waals surface area contributed by atoms with Crippen molar-refractivity contribution >= 4 is 40.9 Å². The number of hydrogen-bond donors (Lipinski definition) is 1. The van der Waals surface area contributed by atoms with E-state index in [-0.39, 0.29) is 33.7 Å². The summed E-state index contributed by atoms with van der Waals surface area (Å²) in [4.78, 5) is 12.6. The Morgan fingerprint density at radius 2 is 1.78 bits per heavy atom. The van der Waals surface area contributed by atoms with Crippen LogP contribution in [0.2, 0.25) is 10.0 Å². The van der Waals surface area contributed by atoms with Crippen molar-refractivity contribution in [1.29, 1.82) is 5.26 Å². The number of benzene rings is 3. The Balaban J connectivity index is 1.77. The van der Waals surface area contributed by atoms with Gasteiger partial charge in [-0.25, -0.2) is 4.39 Å². The Labute approximate surface area is 194 Å². The van der Waals surface area contributed by atoms with Gasteiger partial charge in [0.25, 0.3) is 5.91 Å². The Morgan fingerprint density at radius 3 is 2.41 bits per heavy atom. The largest absolute Gasteiger partial charge is 0.493 e. The maximum atomic E-state index is 13.0. The number of hydrogen-bond acceptors (Lipinski definition) is 4. The fourth-order valence-corrected chi connectivity index (χ4v) is 3.24. The first-order valence-electron chi connectivity index (χ1n) is 9.33. The number of amides is 1. The topological polar surface area (TPSA) is 71.3 Å². The molecule has 0 radical (unpaired) electrons. The molecule has 0 aliphatic rings. The van der Waals surface area contributed by atoms with Crippen molar-refractivity contribution in [3.05, 3.63) is 93.2 Å². The molecule has 0 fully saturated rings. The molecule has 0 unspecified atom stereocenters. The normalized spacial score (nSPS) is 10.9. The van der Waals surface area contributed by atoms with Crippen LogP contribution in [-0.2, 0) is 11.4 Å². The van der Waals surface area contributed by atoms with Crippen LogP contribution in [0.1, 0.15) is 11.1 Å². The summed E-state index contributed by atoms with van der Waals surface area (Å²) in [6.45, 7) is 0.219. The maximum Gasteiger partial charge on any atom is 0.266 e. The minimum absolute atomic E-state index is 0.150. The van der Waals surface area contributed by atoms with E-state index in [0.717, 1.165) is 5.56 Å². The molecule has 8 heteroatoms. The summed E-state index contributed by atoms with van der Waals surface area (Å²) in [6, 6.07) is 17.6. The molecule has 32 heavy (non-hydrogen) atoms. The molecule has 3 aromatic carbocycles. The fourth-order valence-electron chi connectivity index (χ4n) is 2.75. The first-order chi connectivity index (χ1) is 15.4. The van der Waals surface area contributed by atoms with Crippen molar-refractivity contribution in [2.24, 2.45) is 0 Å². The minimum atomic E-state index is -0.655. The van der Waals surface area contributed by atoms with Gasteiger partial charge in [0.1, 0.15) is 24.1 Å². The Bertz CT molecular complexity index is 1180. The van der Waals surface area contributed by atoms with E-state index < -0.39 is 5.91 Å². The molecule has 1 amide bonds. The van der Waals surface area contributed by atoms with Crippen LogP contribution in [0.3, 0.4) is 0 Å². The van der Waals surface area contributed by atoms with E-state index in [1.165, 1.54) is 25.3 Å². The lowest BCUT2D eigenvalue weighted by molar-refractivity contribution is -0.112. The van der Waals surface area contributed by atoms with E-state index >= 15 is 0 Å². The number of rotatable bonds is 7. The van der Waals surface area contributed by atoms with Gasteiger partial charge in [0.05, 0.1) is 22.8 Å². The average molecular weight is 471 g/mol. The van der Waals surface area contributed by atoms with Crippen molar-refractivity contribution in [3.8, 4) is 17.6 Å². The first kappa shape index (κ1) is 23.1. The molecule has 5 nitrogen and oxygen atoms in total. The Kier molecular flexibility index (Phi) is 7.72. The highest BCUT2D eigenvalue weighted by Gasteiger charge is 2.14. The van der Waals surface area contributed by atoms with E-state index in [0.29, 0.717) is 17.1 Å². The molecular formula is C24H17Cl2FN2O3. The summed E-state index contributed by atoms with van der Waals surface area (Å²) in [6.07, 6.45) is 1.41. The summed E-state index contributed by atoms with van der Waals surface area (Å²) in [5.41, 5.74) is 1.42. The zero-order valence-electron chi connectivity index (χ0n) is 16.9. The highest BCUT2D eigenvalue weighted by Crippen LogP contribution is 2.31. The van der Waals surface area contributed by atoms with Gasteiger partial charge in [-0.1, -0.05) is 47.5 Å². The molecule has 0 bridgehead atoms. The molecular weight excluding hydrogens is 454 g/mol. The van der Waals surface area contributed by atoms with Gasteiger partial charge in [-0.15, -0.1) is 0 Å².